The smallest absolute Gasteiger partial charge is 0.227 e. The molecule has 1 amide bonds. The zero-order valence-corrected chi connectivity index (χ0v) is 18.9. The summed E-state index contributed by atoms with van der Waals surface area (Å²) in [5.74, 6) is 1.91. The van der Waals surface area contributed by atoms with Crippen molar-refractivity contribution < 1.29 is 19.0 Å². The van der Waals surface area contributed by atoms with E-state index in [4.69, 9.17) is 19.9 Å². The van der Waals surface area contributed by atoms with Crippen LogP contribution in [0.5, 0.6) is 17.2 Å². The van der Waals surface area contributed by atoms with Crippen molar-refractivity contribution in [3.63, 3.8) is 0 Å². The van der Waals surface area contributed by atoms with Crippen LogP contribution in [-0.4, -0.2) is 69.3 Å². The molecule has 9 heteroatoms. The van der Waals surface area contributed by atoms with Gasteiger partial charge in [-0.3, -0.25) is 9.69 Å². The number of carbonyl (C=O) groups excluding carboxylic acids is 1. The number of hydrogen-bond acceptors (Lipinski definition) is 6. The first-order valence-electron chi connectivity index (χ1n) is 8.96. The summed E-state index contributed by atoms with van der Waals surface area (Å²) in [6.07, 6.45) is 0. The predicted molar refractivity (Wildman–Crippen MR) is 115 cm³/mol. The number of benzene rings is 1. The first-order chi connectivity index (χ1) is 12.4. The Hall–Kier alpha value is -1.41. The Morgan fingerprint density at radius 2 is 1.50 bits per heavy atom. The number of methoxy groups -OCH3 is 3. The summed E-state index contributed by atoms with van der Waals surface area (Å²) in [4.78, 5) is 16.7. The molecule has 2 rings (SSSR count). The van der Waals surface area contributed by atoms with Gasteiger partial charge >= 0.3 is 0 Å². The van der Waals surface area contributed by atoms with Crippen molar-refractivity contribution in [1.82, 2.24) is 9.80 Å². The third kappa shape index (κ3) is 6.30. The molecule has 1 fully saturated rings. The number of piperazine rings is 1. The summed E-state index contributed by atoms with van der Waals surface area (Å²) >= 11 is 0. The van der Waals surface area contributed by atoms with E-state index >= 15 is 0 Å². The molecule has 0 radical (unpaired) electrons. The summed E-state index contributed by atoms with van der Waals surface area (Å²) in [6, 6.07) is 3.81. The molecule has 0 aliphatic carbocycles. The van der Waals surface area contributed by atoms with Gasteiger partial charge in [0.05, 0.1) is 27.2 Å². The maximum atomic E-state index is 12.4. The van der Waals surface area contributed by atoms with Gasteiger partial charge in [0.15, 0.2) is 11.5 Å². The van der Waals surface area contributed by atoms with Crippen LogP contribution >= 0.6 is 24.8 Å². The molecule has 7 nitrogen and oxygen atoms in total. The first-order valence-corrected chi connectivity index (χ1v) is 8.96. The molecular formula is C19H33Cl2N3O4. The normalized spacial score (nSPS) is 16.3. The number of rotatable bonds is 7. The zero-order valence-electron chi connectivity index (χ0n) is 17.3. The van der Waals surface area contributed by atoms with Crippen LogP contribution < -0.4 is 19.9 Å². The van der Waals surface area contributed by atoms with Crippen LogP contribution in [-0.2, 0) is 11.3 Å². The fraction of sp³-hybridized carbons (Fsp3) is 0.632. The summed E-state index contributed by atoms with van der Waals surface area (Å²) in [5.41, 5.74) is 6.95. The first kappa shape index (κ1) is 26.6. The highest BCUT2D eigenvalue weighted by Crippen LogP contribution is 2.38. The molecule has 1 heterocycles. The van der Waals surface area contributed by atoms with E-state index in [1.807, 2.05) is 30.9 Å². The molecule has 2 unspecified atom stereocenters. The third-order valence-electron chi connectivity index (χ3n) is 4.99. The molecule has 2 N–H and O–H groups in total. The van der Waals surface area contributed by atoms with Gasteiger partial charge in [0.2, 0.25) is 11.7 Å². The largest absolute Gasteiger partial charge is 0.493 e. The van der Waals surface area contributed by atoms with E-state index in [2.05, 4.69) is 4.90 Å². The zero-order chi connectivity index (χ0) is 19.3. The standard InChI is InChI=1S/C19H31N3O4.2ClH/c1-13(14(2)20)19(23)22-8-6-21(7-9-22)12-15-10-16(24-3)18(26-5)17(11-15)25-4;;/h10-11,13-14H,6-9,12,20H2,1-5H3;2*1H. The van der Waals surface area contributed by atoms with Gasteiger partial charge in [-0.2, -0.15) is 0 Å². The van der Waals surface area contributed by atoms with E-state index in [0.29, 0.717) is 17.2 Å². The van der Waals surface area contributed by atoms with E-state index in [1.165, 1.54) is 0 Å². The van der Waals surface area contributed by atoms with Crippen molar-refractivity contribution >= 4 is 30.7 Å². The molecule has 1 aliphatic heterocycles. The lowest BCUT2D eigenvalue weighted by Crippen LogP contribution is -2.51. The number of amides is 1. The molecule has 0 saturated carbocycles. The Balaban J connectivity index is 0.00000364. The molecule has 0 bridgehead atoms. The van der Waals surface area contributed by atoms with E-state index in [-0.39, 0.29) is 42.7 Å². The van der Waals surface area contributed by atoms with Crippen LogP contribution in [0, 0.1) is 5.92 Å². The van der Waals surface area contributed by atoms with Gasteiger partial charge in [0, 0.05) is 38.8 Å². The fourth-order valence-corrected chi connectivity index (χ4v) is 3.12. The van der Waals surface area contributed by atoms with Gasteiger partial charge in [-0.25, -0.2) is 0 Å². The summed E-state index contributed by atoms with van der Waals surface area (Å²) in [7, 11) is 4.83. The molecule has 2 atom stereocenters. The van der Waals surface area contributed by atoms with Crippen LogP contribution in [0.1, 0.15) is 19.4 Å². The molecule has 28 heavy (non-hydrogen) atoms. The fourth-order valence-electron chi connectivity index (χ4n) is 3.12. The van der Waals surface area contributed by atoms with Crippen LogP contribution in [0.3, 0.4) is 0 Å². The maximum Gasteiger partial charge on any atom is 0.227 e. The van der Waals surface area contributed by atoms with Crippen molar-refractivity contribution in [3.05, 3.63) is 17.7 Å². The molecule has 1 saturated heterocycles. The van der Waals surface area contributed by atoms with Crippen LogP contribution in [0.2, 0.25) is 0 Å². The highest BCUT2D eigenvalue weighted by atomic mass is 35.5. The second-order valence-electron chi connectivity index (χ2n) is 6.78. The van der Waals surface area contributed by atoms with Gasteiger partial charge in [0.1, 0.15) is 0 Å². The third-order valence-corrected chi connectivity index (χ3v) is 4.99. The monoisotopic (exact) mass is 437 g/mol. The minimum Gasteiger partial charge on any atom is -0.493 e. The lowest BCUT2D eigenvalue weighted by Gasteiger charge is -2.36. The van der Waals surface area contributed by atoms with Crippen LogP contribution in [0.4, 0.5) is 0 Å². The second-order valence-corrected chi connectivity index (χ2v) is 6.78. The topological polar surface area (TPSA) is 77.3 Å². The Bertz CT molecular complexity index is 598. The van der Waals surface area contributed by atoms with Crippen LogP contribution in [0.25, 0.3) is 0 Å². The average Bonchev–Trinajstić information content (AvgIpc) is 2.66. The molecule has 162 valence electrons. The van der Waals surface area contributed by atoms with Gasteiger partial charge < -0.3 is 24.8 Å². The Morgan fingerprint density at radius 3 is 1.89 bits per heavy atom. The lowest BCUT2D eigenvalue weighted by molar-refractivity contribution is -0.137. The Morgan fingerprint density at radius 1 is 1.00 bits per heavy atom. The molecule has 0 spiro atoms. The number of nitrogens with zero attached hydrogens (tertiary/aromatic N) is 2. The highest BCUT2D eigenvalue weighted by molar-refractivity contribution is 5.85. The van der Waals surface area contributed by atoms with Gasteiger partial charge in [-0.15, -0.1) is 24.8 Å². The van der Waals surface area contributed by atoms with E-state index < -0.39 is 0 Å². The summed E-state index contributed by atoms with van der Waals surface area (Å²) in [6.45, 7) is 7.64. The van der Waals surface area contributed by atoms with Gasteiger partial charge in [-0.05, 0) is 24.6 Å². The van der Waals surface area contributed by atoms with Crippen molar-refractivity contribution in [2.75, 3.05) is 47.5 Å². The minimum absolute atomic E-state index is 0. The second kappa shape index (κ2) is 12.2. The Kier molecular flexibility index (Phi) is 11.6. The number of hydrogen-bond donors (Lipinski definition) is 1. The SMILES string of the molecule is COc1cc(CN2CCN(C(=O)C(C)C(C)N)CC2)cc(OC)c1OC.Cl.Cl. The number of carbonyl (C=O) groups is 1. The van der Waals surface area contributed by atoms with Gasteiger partial charge in [-0.1, -0.05) is 6.92 Å². The Labute approximate surface area is 180 Å². The quantitative estimate of drug-likeness (QED) is 0.704. The van der Waals surface area contributed by atoms with E-state index in [9.17, 15) is 4.79 Å². The van der Waals surface area contributed by atoms with Crippen molar-refractivity contribution in [2.24, 2.45) is 11.7 Å². The molecule has 0 aromatic heterocycles. The van der Waals surface area contributed by atoms with E-state index in [0.717, 1.165) is 38.3 Å². The highest BCUT2D eigenvalue weighted by Gasteiger charge is 2.27. The van der Waals surface area contributed by atoms with Gasteiger partial charge in [0.25, 0.3) is 0 Å². The molecule has 1 aromatic rings. The number of nitrogens with two attached hydrogens (primary N) is 1. The lowest BCUT2D eigenvalue weighted by atomic mass is 10.0. The average molecular weight is 438 g/mol. The summed E-state index contributed by atoms with van der Waals surface area (Å²) in [5, 5.41) is 0. The number of ether oxygens (including phenoxy) is 3. The summed E-state index contributed by atoms with van der Waals surface area (Å²) < 4.78 is 16.2. The molecule has 1 aromatic carbocycles. The molecular weight excluding hydrogens is 405 g/mol. The van der Waals surface area contributed by atoms with E-state index in [1.54, 1.807) is 21.3 Å². The van der Waals surface area contributed by atoms with Crippen molar-refractivity contribution in [1.29, 1.82) is 0 Å². The van der Waals surface area contributed by atoms with Crippen molar-refractivity contribution in [2.45, 2.75) is 26.4 Å². The van der Waals surface area contributed by atoms with Crippen molar-refractivity contribution in [3.8, 4) is 17.2 Å². The van der Waals surface area contributed by atoms with Crippen LogP contribution in [0.15, 0.2) is 12.1 Å². The minimum atomic E-state index is -0.142. The number of halogens is 2. The predicted octanol–water partition coefficient (Wildman–Crippen LogP) is 2.18. The molecule has 1 aliphatic rings. The maximum absolute atomic E-state index is 12.4.